The molecule has 0 unspecified atom stereocenters. The second kappa shape index (κ2) is 4.98. The van der Waals surface area contributed by atoms with Gasteiger partial charge >= 0.3 is 5.97 Å². The van der Waals surface area contributed by atoms with Gasteiger partial charge in [-0.3, -0.25) is 4.79 Å². The zero-order valence-electron chi connectivity index (χ0n) is 9.13. The van der Waals surface area contributed by atoms with Crippen LogP contribution in [0.5, 0.6) is 0 Å². The average molecular weight is 262 g/mol. The van der Waals surface area contributed by atoms with Crippen LogP contribution in [-0.4, -0.2) is 22.3 Å². The molecule has 18 heavy (non-hydrogen) atoms. The zero-order chi connectivity index (χ0) is 13.1. The second-order valence-electron chi connectivity index (χ2n) is 3.56. The molecule has 0 fully saturated rings. The number of carbonyl (C=O) groups is 2. The van der Waals surface area contributed by atoms with Crippen LogP contribution >= 0.6 is 11.6 Å². The van der Waals surface area contributed by atoms with Crippen molar-refractivity contribution < 1.29 is 14.7 Å². The molecule has 0 atom stereocenters. The molecule has 0 spiro atoms. The summed E-state index contributed by atoms with van der Waals surface area (Å²) in [6.07, 6.45) is 2.07. The maximum atomic E-state index is 11.1. The van der Waals surface area contributed by atoms with Crippen molar-refractivity contribution >= 4 is 23.9 Å². The zero-order valence-corrected chi connectivity index (χ0v) is 9.89. The SMILES string of the molecule is O=Cc1ccc(Cl)c(-c2cccnc2C(=O)O)c1. The average Bonchev–Trinajstić information content (AvgIpc) is 2.39. The first-order chi connectivity index (χ1) is 8.63. The lowest BCUT2D eigenvalue weighted by Gasteiger charge is -2.07. The van der Waals surface area contributed by atoms with E-state index >= 15 is 0 Å². The van der Waals surface area contributed by atoms with E-state index in [2.05, 4.69) is 4.98 Å². The van der Waals surface area contributed by atoms with Crippen LogP contribution in [0.1, 0.15) is 20.8 Å². The van der Waals surface area contributed by atoms with Crippen LogP contribution in [0.25, 0.3) is 11.1 Å². The second-order valence-corrected chi connectivity index (χ2v) is 3.97. The van der Waals surface area contributed by atoms with E-state index in [4.69, 9.17) is 16.7 Å². The molecule has 1 heterocycles. The maximum absolute atomic E-state index is 11.1. The van der Waals surface area contributed by atoms with Crippen LogP contribution in [0.2, 0.25) is 5.02 Å². The molecule has 0 saturated carbocycles. The third-order valence-corrected chi connectivity index (χ3v) is 2.76. The molecule has 90 valence electrons. The molecule has 0 amide bonds. The largest absolute Gasteiger partial charge is 0.476 e. The van der Waals surface area contributed by atoms with Crippen LogP contribution in [-0.2, 0) is 0 Å². The number of carboxylic acids is 1. The molecule has 1 aromatic carbocycles. The first-order valence-corrected chi connectivity index (χ1v) is 5.44. The summed E-state index contributed by atoms with van der Waals surface area (Å²) >= 11 is 6.03. The summed E-state index contributed by atoms with van der Waals surface area (Å²) in [6, 6.07) is 7.88. The molecule has 1 aromatic heterocycles. The summed E-state index contributed by atoms with van der Waals surface area (Å²) in [5, 5.41) is 9.44. The standard InChI is InChI=1S/C13H8ClNO3/c14-11-4-3-8(7-16)6-10(11)9-2-1-5-15-12(9)13(17)18/h1-7H,(H,17,18). The number of halogens is 1. The van der Waals surface area contributed by atoms with Gasteiger partial charge in [0.25, 0.3) is 0 Å². The molecule has 0 bridgehead atoms. The van der Waals surface area contributed by atoms with Crippen molar-refractivity contribution in [1.82, 2.24) is 4.98 Å². The van der Waals surface area contributed by atoms with Crippen LogP contribution in [0.15, 0.2) is 36.5 Å². The van der Waals surface area contributed by atoms with Crippen molar-refractivity contribution in [3.63, 3.8) is 0 Å². The molecule has 0 radical (unpaired) electrons. The number of benzene rings is 1. The molecule has 0 aliphatic carbocycles. The first-order valence-electron chi connectivity index (χ1n) is 5.07. The van der Waals surface area contributed by atoms with E-state index in [9.17, 15) is 9.59 Å². The van der Waals surface area contributed by atoms with E-state index in [-0.39, 0.29) is 5.69 Å². The molecular formula is C13H8ClNO3. The Labute approximate surface area is 108 Å². The van der Waals surface area contributed by atoms with Gasteiger partial charge in [-0.25, -0.2) is 9.78 Å². The van der Waals surface area contributed by atoms with Gasteiger partial charge in [0.2, 0.25) is 0 Å². The highest BCUT2D eigenvalue weighted by atomic mass is 35.5. The highest BCUT2D eigenvalue weighted by Crippen LogP contribution is 2.30. The van der Waals surface area contributed by atoms with Gasteiger partial charge in [-0.2, -0.15) is 0 Å². The Morgan fingerprint density at radius 2 is 2.06 bits per heavy atom. The quantitative estimate of drug-likeness (QED) is 0.863. The molecule has 1 N–H and O–H groups in total. The predicted molar refractivity (Wildman–Crippen MR) is 67.0 cm³/mol. The van der Waals surface area contributed by atoms with Gasteiger partial charge in [-0.15, -0.1) is 0 Å². The van der Waals surface area contributed by atoms with Gasteiger partial charge in [-0.1, -0.05) is 23.7 Å². The number of aromatic nitrogens is 1. The van der Waals surface area contributed by atoms with Crippen molar-refractivity contribution in [2.45, 2.75) is 0 Å². The highest BCUT2D eigenvalue weighted by Gasteiger charge is 2.15. The smallest absolute Gasteiger partial charge is 0.355 e. The van der Waals surface area contributed by atoms with Crippen molar-refractivity contribution in [2.75, 3.05) is 0 Å². The number of aldehydes is 1. The number of rotatable bonds is 3. The van der Waals surface area contributed by atoms with E-state index < -0.39 is 5.97 Å². The minimum Gasteiger partial charge on any atom is -0.476 e. The van der Waals surface area contributed by atoms with Crippen LogP contribution in [0.4, 0.5) is 0 Å². The van der Waals surface area contributed by atoms with Gasteiger partial charge in [0.05, 0.1) is 0 Å². The molecule has 0 saturated heterocycles. The Morgan fingerprint density at radius 3 is 2.72 bits per heavy atom. The molecular weight excluding hydrogens is 254 g/mol. The third-order valence-electron chi connectivity index (χ3n) is 2.43. The van der Waals surface area contributed by atoms with E-state index in [0.29, 0.717) is 28.0 Å². The molecule has 0 aliphatic heterocycles. The normalized spacial score (nSPS) is 10.1. The summed E-state index contributed by atoms with van der Waals surface area (Å²) < 4.78 is 0. The van der Waals surface area contributed by atoms with Crippen molar-refractivity contribution in [2.24, 2.45) is 0 Å². The fourth-order valence-electron chi connectivity index (χ4n) is 1.62. The Morgan fingerprint density at radius 1 is 1.28 bits per heavy atom. The first kappa shape index (κ1) is 12.3. The molecule has 2 rings (SSSR count). The van der Waals surface area contributed by atoms with Crippen LogP contribution in [0.3, 0.4) is 0 Å². The molecule has 0 aliphatic rings. The number of hydrogen-bond donors (Lipinski definition) is 1. The van der Waals surface area contributed by atoms with E-state index in [1.807, 2.05) is 0 Å². The predicted octanol–water partition coefficient (Wildman–Crippen LogP) is 2.91. The van der Waals surface area contributed by atoms with Crippen molar-refractivity contribution in [3.05, 3.63) is 52.8 Å². The Bertz CT molecular complexity index is 625. The fourth-order valence-corrected chi connectivity index (χ4v) is 1.84. The Kier molecular flexibility index (Phi) is 3.39. The summed E-state index contributed by atoms with van der Waals surface area (Å²) in [5.74, 6) is -1.14. The highest BCUT2D eigenvalue weighted by molar-refractivity contribution is 6.33. The number of hydrogen-bond acceptors (Lipinski definition) is 3. The topological polar surface area (TPSA) is 67.3 Å². The van der Waals surface area contributed by atoms with Gasteiger partial charge < -0.3 is 5.11 Å². The monoisotopic (exact) mass is 261 g/mol. The van der Waals surface area contributed by atoms with Gasteiger partial charge in [-0.05, 0) is 18.2 Å². The lowest BCUT2D eigenvalue weighted by Crippen LogP contribution is -2.03. The van der Waals surface area contributed by atoms with Crippen molar-refractivity contribution in [1.29, 1.82) is 0 Å². The van der Waals surface area contributed by atoms with Gasteiger partial charge in [0.15, 0.2) is 5.69 Å². The lowest BCUT2D eigenvalue weighted by atomic mass is 10.0. The number of carbonyl (C=O) groups excluding carboxylic acids is 1. The van der Waals surface area contributed by atoms with E-state index in [1.54, 1.807) is 30.3 Å². The van der Waals surface area contributed by atoms with Crippen LogP contribution < -0.4 is 0 Å². The summed E-state index contributed by atoms with van der Waals surface area (Å²) in [7, 11) is 0. The number of carboxylic acid groups (broad SMARTS) is 1. The summed E-state index contributed by atoms with van der Waals surface area (Å²) in [6.45, 7) is 0. The summed E-state index contributed by atoms with van der Waals surface area (Å²) in [5.41, 5.74) is 1.20. The van der Waals surface area contributed by atoms with Gasteiger partial charge in [0, 0.05) is 27.9 Å². The summed E-state index contributed by atoms with van der Waals surface area (Å²) in [4.78, 5) is 25.6. The number of pyridine rings is 1. The van der Waals surface area contributed by atoms with Crippen LogP contribution in [0, 0.1) is 0 Å². The number of nitrogens with zero attached hydrogens (tertiary/aromatic N) is 1. The molecule has 4 nitrogen and oxygen atoms in total. The minimum absolute atomic E-state index is 0.0950. The maximum Gasteiger partial charge on any atom is 0.355 e. The number of aromatic carboxylic acids is 1. The fraction of sp³-hybridized carbons (Fsp3) is 0. The van der Waals surface area contributed by atoms with Crippen molar-refractivity contribution in [3.8, 4) is 11.1 Å². The Balaban J connectivity index is 2.68. The third kappa shape index (κ3) is 2.24. The van der Waals surface area contributed by atoms with E-state index in [1.165, 1.54) is 6.20 Å². The molecule has 2 aromatic rings. The molecule has 5 heteroatoms. The lowest BCUT2D eigenvalue weighted by molar-refractivity contribution is 0.0691. The Hall–Kier alpha value is -2.20. The van der Waals surface area contributed by atoms with E-state index in [0.717, 1.165) is 0 Å². The van der Waals surface area contributed by atoms with Gasteiger partial charge in [0.1, 0.15) is 6.29 Å². The minimum atomic E-state index is -1.14.